The van der Waals surface area contributed by atoms with Crippen LogP contribution in [-0.4, -0.2) is 79.9 Å². The van der Waals surface area contributed by atoms with Crippen LogP contribution in [0.5, 0.6) is 0 Å². The van der Waals surface area contributed by atoms with Gasteiger partial charge < -0.3 is 14.3 Å². The molecule has 0 atom stereocenters. The van der Waals surface area contributed by atoms with E-state index in [1.165, 1.54) is 4.90 Å². The molecule has 6 heteroatoms. The van der Waals surface area contributed by atoms with Crippen molar-refractivity contribution >= 4 is 11.8 Å². The van der Waals surface area contributed by atoms with E-state index in [0.717, 1.165) is 6.54 Å². The number of likely N-dealkylation sites (N-methyl/N-ethyl adjacent to an activating group) is 1. The molecule has 0 fully saturated rings. The Labute approximate surface area is 130 Å². The van der Waals surface area contributed by atoms with Gasteiger partial charge in [-0.15, -0.1) is 0 Å². The maximum Gasteiger partial charge on any atom is 0.261 e. The third-order valence-electron chi connectivity index (χ3n) is 3.88. The van der Waals surface area contributed by atoms with Crippen molar-refractivity contribution in [3.63, 3.8) is 0 Å². The highest BCUT2D eigenvalue weighted by atomic mass is 16.5. The minimum absolute atomic E-state index is 0.141. The van der Waals surface area contributed by atoms with E-state index >= 15 is 0 Å². The predicted octanol–water partition coefficient (Wildman–Crippen LogP) is 0.368. The first-order valence-electron chi connectivity index (χ1n) is 7.42. The molecule has 1 N–H and O–H groups in total. The molecule has 0 saturated heterocycles. The summed E-state index contributed by atoms with van der Waals surface area (Å²) in [5, 5.41) is 8.95. The Hall–Kier alpha value is -1.76. The summed E-state index contributed by atoms with van der Waals surface area (Å²) in [4.78, 5) is 25.5. The molecular formula is C16H23N2O4+. The summed E-state index contributed by atoms with van der Waals surface area (Å²) in [7, 11) is 4.04. The molecule has 0 spiro atoms. The minimum Gasteiger partial charge on any atom is -0.391 e. The van der Waals surface area contributed by atoms with Gasteiger partial charge >= 0.3 is 0 Å². The number of benzene rings is 1. The van der Waals surface area contributed by atoms with Gasteiger partial charge in [-0.05, 0) is 12.1 Å². The van der Waals surface area contributed by atoms with Crippen molar-refractivity contribution in [2.24, 2.45) is 0 Å². The number of quaternary nitrogens is 1. The predicted molar refractivity (Wildman–Crippen MR) is 81.6 cm³/mol. The van der Waals surface area contributed by atoms with Crippen molar-refractivity contribution in [2.45, 2.75) is 0 Å². The molecule has 2 rings (SSSR count). The summed E-state index contributed by atoms with van der Waals surface area (Å²) >= 11 is 0. The Morgan fingerprint density at radius 2 is 1.64 bits per heavy atom. The standard InChI is InChI=1S/C16H23N2O4/c1-18(2,8-10-19)9-12-22-11-7-17-15(20)13-5-3-4-6-14(13)16(17)21/h3-6,19H,7-12H2,1-2H3/q+1. The Morgan fingerprint density at radius 3 is 2.18 bits per heavy atom. The van der Waals surface area contributed by atoms with E-state index in [1.807, 2.05) is 14.1 Å². The third-order valence-corrected chi connectivity index (χ3v) is 3.88. The number of fused-ring (bicyclic) bond motifs is 1. The van der Waals surface area contributed by atoms with Crippen LogP contribution in [-0.2, 0) is 4.74 Å². The minimum atomic E-state index is -0.249. The average molecular weight is 307 g/mol. The Bertz CT molecular complexity index is 522. The summed E-state index contributed by atoms with van der Waals surface area (Å²) in [5.41, 5.74) is 0.932. The number of carbonyl (C=O) groups excluding carboxylic acids is 2. The quantitative estimate of drug-likeness (QED) is 0.428. The molecule has 0 bridgehead atoms. The summed E-state index contributed by atoms with van der Waals surface area (Å²) in [6.45, 7) is 2.69. The van der Waals surface area contributed by atoms with Crippen molar-refractivity contribution in [1.29, 1.82) is 0 Å². The number of hydrogen-bond acceptors (Lipinski definition) is 4. The number of nitrogens with zero attached hydrogens (tertiary/aromatic N) is 2. The number of amides is 2. The Balaban J connectivity index is 1.77. The van der Waals surface area contributed by atoms with Crippen LogP contribution < -0.4 is 0 Å². The van der Waals surface area contributed by atoms with Gasteiger partial charge in [-0.3, -0.25) is 14.5 Å². The summed E-state index contributed by atoms with van der Waals surface area (Å²) in [5.74, 6) is -0.499. The lowest BCUT2D eigenvalue weighted by Crippen LogP contribution is -2.44. The van der Waals surface area contributed by atoms with E-state index in [-0.39, 0.29) is 25.0 Å². The van der Waals surface area contributed by atoms with E-state index in [2.05, 4.69) is 0 Å². The molecule has 0 radical (unpaired) electrons. The van der Waals surface area contributed by atoms with Crippen LogP contribution in [0.1, 0.15) is 20.7 Å². The van der Waals surface area contributed by atoms with Gasteiger partial charge in [0.15, 0.2) is 0 Å². The van der Waals surface area contributed by atoms with Crippen LogP contribution in [0.25, 0.3) is 0 Å². The summed E-state index contributed by atoms with van der Waals surface area (Å²) in [6.07, 6.45) is 0. The lowest BCUT2D eigenvalue weighted by atomic mass is 10.1. The molecule has 1 aromatic carbocycles. The largest absolute Gasteiger partial charge is 0.391 e. The number of ether oxygens (including phenoxy) is 1. The van der Waals surface area contributed by atoms with Crippen molar-refractivity contribution in [1.82, 2.24) is 4.90 Å². The molecule has 1 aliphatic rings. The second-order valence-electron chi connectivity index (χ2n) is 6.03. The first kappa shape index (κ1) is 16.6. The van der Waals surface area contributed by atoms with Crippen LogP contribution in [0, 0.1) is 0 Å². The Morgan fingerprint density at radius 1 is 1.05 bits per heavy atom. The number of rotatable bonds is 8. The van der Waals surface area contributed by atoms with Gasteiger partial charge in [0, 0.05) is 0 Å². The summed E-state index contributed by atoms with van der Waals surface area (Å²) in [6, 6.07) is 6.85. The molecule has 1 aromatic rings. The molecule has 0 unspecified atom stereocenters. The van der Waals surface area contributed by atoms with Gasteiger partial charge in [-0.1, -0.05) is 12.1 Å². The molecule has 22 heavy (non-hydrogen) atoms. The van der Waals surface area contributed by atoms with Crippen LogP contribution in [0.15, 0.2) is 24.3 Å². The smallest absolute Gasteiger partial charge is 0.261 e. The fraction of sp³-hybridized carbons (Fsp3) is 0.500. The first-order chi connectivity index (χ1) is 10.5. The highest BCUT2D eigenvalue weighted by Gasteiger charge is 2.34. The second kappa shape index (κ2) is 7.00. The third kappa shape index (κ3) is 3.71. The van der Waals surface area contributed by atoms with E-state index in [4.69, 9.17) is 9.84 Å². The van der Waals surface area contributed by atoms with E-state index in [9.17, 15) is 9.59 Å². The van der Waals surface area contributed by atoms with Crippen LogP contribution in [0.4, 0.5) is 0 Å². The summed E-state index contributed by atoms with van der Waals surface area (Å²) < 4.78 is 6.20. The van der Waals surface area contributed by atoms with Gasteiger partial charge in [0.1, 0.15) is 13.1 Å². The number of aliphatic hydroxyl groups excluding tert-OH is 1. The fourth-order valence-electron chi connectivity index (χ4n) is 2.39. The average Bonchev–Trinajstić information content (AvgIpc) is 2.72. The van der Waals surface area contributed by atoms with Crippen molar-refractivity contribution in [2.75, 3.05) is 53.6 Å². The Kier molecular flexibility index (Phi) is 5.28. The highest BCUT2D eigenvalue weighted by Crippen LogP contribution is 2.21. The fourth-order valence-corrected chi connectivity index (χ4v) is 2.39. The van der Waals surface area contributed by atoms with Gasteiger partial charge in [-0.2, -0.15) is 0 Å². The van der Waals surface area contributed by atoms with Crippen LogP contribution in [0.2, 0.25) is 0 Å². The topological polar surface area (TPSA) is 66.8 Å². The molecule has 1 aliphatic heterocycles. The number of hydrogen-bond donors (Lipinski definition) is 1. The molecule has 0 aliphatic carbocycles. The van der Waals surface area contributed by atoms with Crippen molar-refractivity contribution in [3.05, 3.63) is 35.4 Å². The number of aliphatic hydroxyl groups is 1. The molecule has 0 aromatic heterocycles. The van der Waals surface area contributed by atoms with Crippen LogP contribution in [0.3, 0.4) is 0 Å². The number of imide groups is 1. The molecule has 0 saturated carbocycles. The monoisotopic (exact) mass is 307 g/mol. The molecule has 2 amide bonds. The maximum atomic E-state index is 12.1. The van der Waals surface area contributed by atoms with Gasteiger partial charge in [0.05, 0.1) is 51.6 Å². The maximum absolute atomic E-state index is 12.1. The van der Waals surface area contributed by atoms with Crippen molar-refractivity contribution < 1.29 is 23.9 Å². The van der Waals surface area contributed by atoms with E-state index in [1.54, 1.807) is 24.3 Å². The molecule has 6 nitrogen and oxygen atoms in total. The SMILES string of the molecule is C[N+](C)(CCO)CCOCCN1C(=O)c2ccccc2C1=O. The lowest BCUT2D eigenvalue weighted by molar-refractivity contribution is -0.891. The van der Waals surface area contributed by atoms with Gasteiger partial charge in [-0.25, -0.2) is 0 Å². The zero-order valence-corrected chi connectivity index (χ0v) is 13.1. The molecular weight excluding hydrogens is 284 g/mol. The second-order valence-corrected chi connectivity index (χ2v) is 6.03. The van der Waals surface area contributed by atoms with Gasteiger partial charge in [0.25, 0.3) is 11.8 Å². The molecule has 1 heterocycles. The normalized spacial score (nSPS) is 14.6. The zero-order chi connectivity index (χ0) is 16.2. The van der Waals surface area contributed by atoms with Crippen molar-refractivity contribution in [3.8, 4) is 0 Å². The van der Waals surface area contributed by atoms with Crippen LogP contribution >= 0.6 is 0 Å². The lowest BCUT2D eigenvalue weighted by Gasteiger charge is -2.28. The highest BCUT2D eigenvalue weighted by molar-refractivity contribution is 6.21. The zero-order valence-electron chi connectivity index (χ0n) is 13.1. The van der Waals surface area contributed by atoms with E-state index < -0.39 is 0 Å². The van der Waals surface area contributed by atoms with E-state index in [0.29, 0.717) is 35.4 Å². The first-order valence-corrected chi connectivity index (χ1v) is 7.42. The van der Waals surface area contributed by atoms with Gasteiger partial charge in [0.2, 0.25) is 0 Å². The molecule has 120 valence electrons. The number of carbonyl (C=O) groups is 2.